The van der Waals surface area contributed by atoms with Crippen molar-refractivity contribution in [1.82, 2.24) is 5.32 Å². The highest BCUT2D eigenvalue weighted by Crippen LogP contribution is 2.27. The molecule has 1 aromatic carbocycles. The van der Waals surface area contributed by atoms with Crippen molar-refractivity contribution >= 4 is 17.6 Å². The summed E-state index contributed by atoms with van der Waals surface area (Å²) in [7, 11) is 0. The number of rotatable bonds is 9. The Hall–Kier alpha value is -2.68. The Morgan fingerprint density at radius 1 is 1.20 bits per heavy atom. The fourth-order valence-corrected chi connectivity index (χ4v) is 1.70. The highest BCUT2D eigenvalue weighted by atomic mass is 16.6. The maximum absolute atomic E-state index is 10.9. The molecular formula is C16H24N2O7. The molecule has 1 rings (SSSR count). The first-order valence-electron chi connectivity index (χ1n) is 7.84. The fraction of sp³-hybridized carbons (Fsp3) is 0.500. The molecule has 0 spiro atoms. The van der Waals surface area contributed by atoms with Crippen molar-refractivity contribution in [2.24, 2.45) is 0 Å². The van der Waals surface area contributed by atoms with Gasteiger partial charge in [0.1, 0.15) is 0 Å². The molecule has 0 amide bonds. The number of ether oxygens (including phenoxy) is 1. The van der Waals surface area contributed by atoms with Crippen molar-refractivity contribution in [3.05, 3.63) is 33.9 Å². The minimum Gasteiger partial charge on any atom is -0.487 e. The minimum absolute atomic E-state index is 0.0407. The number of hydrogen-bond acceptors (Lipinski definition) is 6. The van der Waals surface area contributed by atoms with E-state index in [-0.39, 0.29) is 5.69 Å². The number of carbonyl (C=O) groups is 2. The number of nitro groups is 1. The van der Waals surface area contributed by atoms with E-state index in [2.05, 4.69) is 12.2 Å². The van der Waals surface area contributed by atoms with Gasteiger partial charge in [0.25, 0.3) is 0 Å². The Morgan fingerprint density at radius 3 is 2.32 bits per heavy atom. The van der Waals surface area contributed by atoms with Crippen LogP contribution in [0.5, 0.6) is 5.75 Å². The van der Waals surface area contributed by atoms with Crippen LogP contribution in [0.25, 0.3) is 0 Å². The van der Waals surface area contributed by atoms with E-state index in [4.69, 9.17) is 24.5 Å². The van der Waals surface area contributed by atoms with Gasteiger partial charge in [0.15, 0.2) is 5.75 Å². The molecule has 0 aliphatic heterocycles. The molecule has 3 N–H and O–H groups in total. The first-order valence-corrected chi connectivity index (χ1v) is 7.84. The Labute approximate surface area is 145 Å². The first kappa shape index (κ1) is 22.3. The van der Waals surface area contributed by atoms with Gasteiger partial charge in [0, 0.05) is 6.07 Å². The van der Waals surface area contributed by atoms with Gasteiger partial charge in [-0.3, -0.25) is 10.1 Å². The Kier molecular flexibility index (Phi) is 11.3. The number of carboxylic acid groups (broad SMARTS) is 2. The molecule has 0 saturated carbocycles. The maximum atomic E-state index is 10.9. The molecule has 25 heavy (non-hydrogen) atoms. The van der Waals surface area contributed by atoms with E-state index >= 15 is 0 Å². The van der Waals surface area contributed by atoms with Gasteiger partial charge in [0.2, 0.25) is 0 Å². The summed E-state index contributed by atoms with van der Waals surface area (Å²) in [6, 6.07) is 5.02. The van der Waals surface area contributed by atoms with E-state index in [0.717, 1.165) is 25.1 Å². The second kappa shape index (κ2) is 12.7. The molecule has 0 fully saturated rings. The zero-order valence-corrected chi connectivity index (χ0v) is 14.4. The third-order valence-corrected chi connectivity index (χ3v) is 2.96. The van der Waals surface area contributed by atoms with Crippen LogP contribution in [0.2, 0.25) is 0 Å². The summed E-state index contributed by atoms with van der Waals surface area (Å²) in [5.74, 6) is -3.30. The van der Waals surface area contributed by atoms with Gasteiger partial charge in [-0.15, -0.1) is 0 Å². The number of nitrogens with zero attached hydrogens (tertiary/aromatic N) is 1. The van der Waals surface area contributed by atoms with Crippen molar-refractivity contribution in [1.29, 1.82) is 0 Å². The molecule has 0 bridgehead atoms. The number of benzene rings is 1. The third kappa shape index (κ3) is 10.7. The van der Waals surface area contributed by atoms with Gasteiger partial charge in [-0.2, -0.15) is 0 Å². The normalized spacial score (nSPS) is 9.68. The van der Waals surface area contributed by atoms with Crippen LogP contribution in [-0.2, 0) is 9.59 Å². The van der Waals surface area contributed by atoms with Crippen molar-refractivity contribution in [3.8, 4) is 5.75 Å². The largest absolute Gasteiger partial charge is 0.487 e. The zero-order chi connectivity index (χ0) is 19.2. The summed E-state index contributed by atoms with van der Waals surface area (Å²) in [5.41, 5.74) is 0.902. The Morgan fingerprint density at radius 2 is 1.80 bits per heavy atom. The molecule has 0 unspecified atom stereocenters. The molecule has 0 aliphatic carbocycles. The third-order valence-electron chi connectivity index (χ3n) is 2.96. The molecule has 1 aromatic rings. The highest BCUT2D eigenvalue weighted by molar-refractivity contribution is 6.27. The SMILES string of the molecule is CCCCNCCCOc1ccc(C)cc1[N+](=O)[O-].O=C(O)C(=O)O. The number of nitro benzene ring substituents is 1. The van der Waals surface area contributed by atoms with Crippen LogP contribution in [0, 0.1) is 17.0 Å². The quantitative estimate of drug-likeness (QED) is 0.265. The van der Waals surface area contributed by atoms with Crippen molar-refractivity contribution in [3.63, 3.8) is 0 Å². The van der Waals surface area contributed by atoms with Crippen molar-refractivity contribution in [2.45, 2.75) is 33.1 Å². The van der Waals surface area contributed by atoms with E-state index in [9.17, 15) is 10.1 Å². The van der Waals surface area contributed by atoms with Gasteiger partial charge in [-0.05, 0) is 44.5 Å². The van der Waals surface area contributed by atoms with Crippen LogP contribution >= 0.6 is 0 Å². The van der Waals surface area contributed by atoms with Gasteiger partial charge in [-0.25, -0.2) is 9.59 Å². The standard InChI is InChI=1S/C14H22N2O3.C2H2O4/c1-3-4-8-15-9-5-10-19-14-7-6-12(2)11-13(14)16(17)18;3-1(4)2(5)6/h6-7,11,15H,3-5,8-10H2,1-2H3;(H,3,4)(H,5,6). The molecule has 0 radical (unpaired) electrons. The summed E-state index contributed by atoms with van der Waals surface area (Å²) < 4.78 is 5.48. The van der Waals surface area contributed by atoms with E-state index in [1.807, 2.05) is 13.0 Å². The van der Waals surface area contributed by atoms with Gasteiger partial charge in [0.05, 0.1) is 11.5 Å². The zero-order valence-electron chi connectivity index (χ0n) is 14.4. The lowest BCUT2D eigenvalue weighted by Gasteiger charge is -2.08. The fourth-order valence-electron chi connectivity index (χ4n) is 1.70. The second-order valence-electron chi connectivity index (χ2n) is 5.14. The topological polar surface area (TPSA) is 139 Å². The molecule has 0 aliphatic rings. The lowest BCUT2D eigenvalue weighted by molar-refractivity contribution is -0.385. The van der Waals surface area contributed by atoms with Gasteiger partial charge in [-0.1, -0.05) is 19.4 Å². The van der Waals surface area contributed by atoms with E-state index in [1.54, 1.807) is 6.07 Å². The molecule has 0 heterocycles. The molecule has 9 heteroatoms. The summed E-state index contributed by atoms with van der Waals surface area (Å²) in [5, 5.41) is 29.0. The average Bonchev–Trinajstić information content (AvgIpc) is 2.55. The van der Waals surface area contributed by atoms with E-state index in [0.29, 0.717) is 12.4 Å². The van der Waals surface area contributed by atoms with Crippen LogP contribution in [0.4, 0.5) is 5.69 Å². The van der Waals surface area contributed by atoms with Crippen LogP contribution in [-0.4, -0.2) is 46.8 Å². The molecule has 9 nitrogen and oxygen atoms in total. The summed E-state index contributed by atoms with van der Waals surface area (Å²) in [6.45, 7) is 6.36. The summed E-state index contributed by atoms with van der Waals surface area (Å²) in [6.07, 6.45) is 3.19. The van der Waals surface area contributed by atoms with E-state index < -0.39 is 16.9 Å². The van der Waals surface area contributed by atoms with Crippen LogP contribution in [0.1, 0.15) is 31.7 Å². The molecule has 0 aromatic heterocycles. The number of unbranched alkanes of at least 4 members (excludes halogenated alkanes) is 1. The van der Waals surface area contributed by atoms with E-state index in [1.165, 1.54) is 18.9 Å². The number of aryl methyl sites for hydroxylation is 1. The first-order chi connectivity index (χ1) is 11.8. The predicted molar refractivity (Wildman–Crippen MR) is 91.0 cm³/mol. The number of aliphatic carboxylic acids is 2. The molecular weight excluding hydrogens is 332 g/mol. The Balaban J connectivity index is 0.000000823. The predicted octanol–water partition coefficient (Wildman–Crippen LogP) is 2.22. The number of carboxylic acids is 2. The smallest absolute Gasteiger partial charge is 0.414 e. The molecule has 140 valence electrons. The minimum atomic E-state index is -1.82. The lowest BCUT2D eigenvalue weighted by Crippen LogP contribution is -2.18. The summed E-state index contributed by atoms with van der Waals surface area (Å²) in [4.78, 5) is 28.7. The molecule has 0 saturated heterocycles. The van der Waals surface area contributed by atoms with Crippen molar-refractivity contribution in [2.75, 3.05) is 19.7 Å². The second-order valence-corrected chi connectivity index (χ2v) is 5.14. The van der Waals surface area contributed by atoms with Crippen molar-refractivity contribution < 1.29 is 29.5 Å². The highest BCUT2D eigenvalue weighted by Gasteiger charge is 2.14. The monoisotopic (exact) mass is 356 g/mol. The van der Waals surface area contributed by atoms with Crippen LogP contribution in [0.15, 0.2) is 18.2 Å². The van der Waals surface area contributed by atoms with Crippen LogP contribution in [0.3, 0.4) is 0 Å². The number of hydrogen-bond donors (Lipinski definition) is 3. The van der Waals surface area contributed by atoms with Gasteiger partial charge < -0.3 is 20.3 Å². The Bertz CT molecular complexity index is 564. The van der Waals surface area contributed by atoms with Crippen LogP contribution < -0.4 is 10.1 Å². The average molecular weight is 356 g/mol. The summed E-state index contributed by atoms with van der Waals surface area (Å²) >= 11 is 0. The number of nitrogens with one attached hydrogen (secondary N) is 1. The van der Waals surface area contributed by atoms with Gasteiger partial charge >= 0.3 is 17.6 Å². The molecule has 0 atom stereocenters. The maximum Gasteiger partial charge on any atom is 0.414 e. The lowest BCUT2D eigenvalue weighted by atomic mass is 10.2.